The molecule has 0 N–H and O–H groups in total. The number of ether oxygens (including phenoxy) is 1. The minimum atomic E-state index is 0.567. The van der Waals surface area contributed by atoms with Crippen molar-refractivity contribution in [2.75, 3.05) is 0 Å². The van der Waals surface area contributed by atoms with E-state index in [-0.39, 0.29) is 0 Å². The first kappa shape index (κ1) is 11.5. The van der Waals surface area contributed by atoms with Gasteiger partial charge in [0.25, 0.3) is 0 Å². The van der Waals surface area contributed by atoms with Gasteiger partial charge in [0.05, 0.1) is 12.7 Å². The molecule has 0 aliphatic heterocycles. The number of benzene rings is 1. The summed E-state index contributed by atoms with van der Waals surface area (Å²) in [7, 11) is 0. The smallest absolute Gasteiger partial charge is 0.302 e. The number of aromatic nitrogens is 3. The molecule has 2 aromatic heterocycles. The highest BCUT2D eigenvalue weighted by Crippen LogP contribution is 2.19. The van der Waals surface area contributed by atoms with E-state index in [1.165, 1.54) is 5.56 Å². The van der Waals surface area contributed by atoms with Crippen LogP contribution in [-0.4, -0.2) is 14.5 Å². The van der Waals surface area contributed by atoms with Crippen molar-refractivity contribution in [3.63, 3.8) is 0 Å². The summed E-state index contributed by atoms with van der Waals surface area (Å²) >= 11 is 0. The molecule has 0 unspecified atom stereocenters. The fourth-order valence-corrected chi connectivity index (χ4v) is 1.81. The number of hydrogen-bond acceptors (Lipinski definition) is 3. The molecular formula is C15H13N3O. The molecule has 4 heteroatoms. The highest BCUT2D eigenvalue weighted by Gasteiger charge is 2.05. The van der Waals surface area contributed by atoms with Crippen molar-refractivity contribution < 1.29 is 4.74 Å². The van der Waals surface area contributed by atoms with Crippen LogP contribution in [0.15, 0.2) is 67.3 Å². The van der Waals surface area contributed by atoms with Crippen molar-refractivity contribution in [1.29, 1.82) is 0 Å². The third-order valence-electron chi connectivity index (χ3n) is 2.72. The Morgan fingerprint density at radius 3 is 2.68 bits per heavy atom. The van der Waals surface area contributed by atoms with Crippen LogP contribution in [-0.2, 0) is 6.54 Å². The maximum atomic E-state index is 5.71. The summed E-state index contributed by atoms with van der Waals surface area (Å²) in [6, 6.07) is 14.5. The van der Waals surface area contributed by atoms with Gasteiger partial charge < -0.3 is 4.74 Å². The predicted molar refractivity (Wildman–Crippen MR) is 72.1 cm³/mol. The summed E-state index contributed by atoms with van der Waals surface area (Å²) in [6.07, 6.45) is 7.01. The summed E-state index contributed by atoms with van der Waals surface area (Å²) < 4.78 is 7.67. The van der Waals surface area contributed by atoms with E-state index in [0.29, 0.717) is 11.8 Å². The van der Waals surface area contributed by atoms with Crippen LogP contribution in [0.2, 0.25) is 0 Å². The van der Waals surface area contributed by atoms with Gasteiger partial charge >= 0.3 is 6.01 Å². The average Bonchev–Trinajstić information content (AvgIpc) is 2.88. The third-order valence-corrected chi connectivity index (χ3v) is 2.72. The summed E-state index contributed by atoms with van der Waals surface area (Å²) in [4.78, 5) is 8.24. The summed E-state index contributed by atoms with van der Waals surface area (Å²) in [6.45, 7) is 0.733. The molecule has 3 aromatic rings. The lowest BCUT2D eigenvalue weighted by molar-refractivity contribution is 0.416. The first-order chi connectivity index (χ1) is 9.42. The number of hydrogen-bond donors (Lipinski definition) is 0. The molecule has 0 aliphatic rings. The Hall–Kier alpha value is -2.62. The molecule has 0 amide bonds. The van der Waals surface area contributed by atoms with E-state index in [2.05, 4.69) is 22.1 Å². The lowest BCUT2D eigenvalue weighted by Gasteiger charge is -2.08. The predicted octanol–water partition coefficient (Wildman–Crippen LogP) is 3.12. The molecule has 0 aliphatic carbocycles. The zero-order valence-electron chi connectivity index (χ0n) is 10.3. The van der Waals surface area contributed by atoms with Gasteiger partial charge in [-0.1, -0.05) is 30.3 Å². The normalized spacial score (nSPS) is 10.3. The Balaban J connectivity index is 1.79. The first-order valence-electron chi connectivity index (χ1n) is 6.05. The number of pyridine rings is 1. The van der Waals surface area contributed by atoms with Crippen LogP contribution in [0.25, 0.3) is 0 Å². The van der Waals surface area contributed by atoms with Gasteiger partial charge in [-0.15, -0.1) is 0 Å². The van der Waals surface area contributed by atoms with Crippen LogP contribution < -0.4 is 4.74 Å². The van der Waals surface area contributed by atoms with Gasteiger partial charge in [-0.3, -0.25) is 9.55 Å². The minimum Gasteiger partial charge on any atom is -0.424 e. The van der Waals surface area contributed by atoms with Gasteiger partial charge in [-0.2, -0.15) is 0 Å². The van der Waals surface area contributed by atoms with Gasteiger partial charge in [-0.05, 0) is 17.7 Å². The molecule has 19 heavy (non-hydrogen) atoms. The molecule has 2 heterocycles. The molecule has 0 saturated heterocycles. The molecule has 1 aromatic carbocycles. The van der Waals surface area contributed by atoms with Gasteiger partial charge in [0.1, 0.15) is 5.75 Å². The van der Waals surface area contributed by atoms with E-state index in [0.717, 1.165) is 6.54 Å². The number of nitrogens with zero attached hydrogens (tertiary/aromatic N) is 3. The number of rotatable bonds is 4. The van der Waals surface area contributed by atoms with Crippen LogP contribution in [0, 0.1) is 0 Å². The highest BCUT2D eigenvalue weighted by atomic mass is 16.5. The number of imidazole rings is 1. The lowest BCUT2D eigenvalue weighted by Crippen LogP contribution is -2.01. The van der Waals surface area contributed by atoms with Crippen molar-refractivity contribution in [1.82, 2.24) is 14.5 Å². The van der Waals surface area contributed by atoms with Crippen LogP contribution in [0.4, 0.5) is 0 Å². The van der Waals surface area contributed by atoms with Crippen molar-refractivity contribution in [3.05, 3.63) is 72.8 Å². The molecule has 3 rings (SSSR count). The Kier molecular flexibility index (Phi) is 3.23. The largest absolute Gasteiger partial charge is 0.424 e. The topological polar surface area (TPSA) is 39.9 Å². The lowest BCUT2D eigenvalue weighted by atomic mass is 10.2. The Labute approximate surface area is 111 Å². The quantitative estimate of drug-likeness (QED) is 0.715. The second kappa shape index (κ2) is 5.35. The van der Waals surface area contributed by atoms with Gasteiger partial charge in [0.15, 0.2) is 0 Å². The molecule has 0 saturated carbocycles. The molecular weight excluding hydrogens is 238 g/mol. The molecule has 0 spiro atoms. The molecule has 4 nitrogen and oxygen atoms in total. The molecule has 0 radical (unpaired) electrons. The summed E-state index contributed by atoms with van der Waals surface area (Å²) in [5, 5.41) is 0. The summed E-state index contributed by atoms with van der Waals surface area (Å²) in [5.41, 5.74) is 1.21. The second-order valence-electron chi connectivity index (χ2n) is 4.11. The third kappa shape index (κ3) is 2.80. The van der Waals surface area contributed by atoms with Crippen molar-refractivity contribution in [2.45, 2.75) is 6.54 Å². The molecule has 0 bridgehead atoms. The maximum Gasteiger partial charge on any atom is 0.302 e. The average molecular weight is 251 g/mol. The Bertz CT molecular complexity index is 579. The molecule has 0 fully saturated rings. The fourth-order valence-electron chi connectivity index (χ4n) is 1.81. The minimum absolute atomic E-state index is 0.567. The van der Waals surface area contributed by atoms with Gasteiger partial charge in [0, 0.05) is 18.6 Å². The van der Waals surface area contributed by atoms with Gasteiger partial charge in [-0.25, -0.2) is 4.98 Å². The molecule has 0 atom stereocenters. The van der Waals surface area contributed by atoms with E-state index in [9.17, 15) is 0 Å². The Morgan fingerprint density at radius 1 is 1.00 bits per heavy atom. The molecule has 94 valence electrons. The van der Waals surface area contributed by atoms with E-state index in [4.69, 9.17) is 4.74 Å². The zero-order valence-corrected chi connectivity index (χ0v) is 10.3. The zero-order chi connectivity index (χ0) is 12.9. The fraction of sp³-hybridized carbons (Fsp3) is 0.0667. The highest BCUT2D eigenvalue weighted by molar-refractivity contribution is 5.21. The van der Waals surface area contributed by atoms with Crippen LogP contribution >= 0.6 is 0 Å². The van der Waals surface area contributed by atoms with Crippen LogP contribution in [0.1, 0.15) is 5.56 Å². The first-order valence-corrected chi connectivity index (χ1v) is 6.05. The van der Waals surface area contributed by atoms with E-state index in [1.54, 1.807) is 18.6 Å². The summed E-state index contributed by atoms with van der Waals surface area (Å²) in [5.74, 6) is 0.683. The van der Waals surface area contributed by atoms with Crippen LogP contribution in [0.3, 0.4) is 0 Å². The van der Waals surface area contributed by atoms with Gasteiger partial charge in [0.2, 0.25) is 0 Å². The Morgan fingerprint density at radius 2 is 1.89 bits per heavy atom. The van der Waals surface area contributed by atoms with Crippen molar-refractivity contribution in [3.8, 4) is 11.8 Å². The van der Waals surface area contributed by atoms with Crippen molar-refractivity contribution in [2.24, 2.45) is 0 Å². The standard InChI is InChI=1S/C15H13N3O/c1-2-5-13(6-3-1)12-18-10-9-17-15(18)19-14-7-4-8-16-11-14/h1-11H,12H2. The SMILES string of the molecule is c1ccc(Cn2ccnc2Oc2cccnc2)cc1. The maximum absolute atomic E-state index is 5.71. The second-order valence-corrected chi connectivity index (χ2v) is 4.11. The van der Waals surface area contributed by atoms with Crippen molar-refractivity contribution >= 4 is 0 Å². The van der Waals surface area contributed by atoms with E-state index >= 15 is 0 Å². The van der Waals surface area contributed by atoms with E-state index in [1.807, 2.05) is 41.1 Å². The monoisotopic (exact) mass is 251 g/mol. The van der Waals surface area contributed by atoms with Crippen LogP contribution in [0.5, 0.6) is 11.8 Å². The van der Waals surface area contributed by atoms with E-state index < -0.39 is 0 Å².